The Hall–Kier alpha value is -2.95. The van der Waals surface area contributed by atoms with E-state index < -0.39 is 17.6 Å². The van der Waals surface area contributed by atoms with Gasteiger partial charge in [-0.2, -0.15) is 4.98 Å². The lowest BCUT2D eigenvalue weighted by Crippen LogP contribution is -2.39. The first kappa shape index (κ1) is 23.3. The van der Waals surface area contributed by atoms with Gasteiger partial charge in [0.25, 0.3) is 5.56 Å². The van der Waals surface area contributed by atoms with Crippen molar-refractivity contribution in [3.05, 3.63) is 16.7 Å². The maximum absolute atomic E-state index is 12.2. The number of nitrogens with one attached hydrogen (secondary N) is 1. The monoisotopic (exact) mass is 422 g/mol. The fourth-order valence-corrected chi connectivity index (χ4v) is 2.77. The Kier molecular flexibility index (Phi) is 8.34. The summed E-state index contributed by atoms with van der Waals surface area (Å²) in [5.74, 6) is -1.08. The fraction of sp³-hybridized carbons (Fsp3) is 0.632. The average molecular weight is 422 g/mol. The Morgan fingerprint density at radius 1 is 1.27 bits per heavy atom. The second kappa shape index (κ2) is 10.7. The van der Waals surface area contributed by atoms with Crippen LogP contribution in [0, 0.1) is 11.8 Å². The smallest absolute Gasteiger partial charge is 0.323 e. The molecule has 0 amide bonds. The molecule has 2 heterocycles. The van der Waals surface area contributed by atoms with Crippen LogP contribution in [0.3, 0.4) is 0 Å². The third-order valence-electron chi connectivity index (χ3n) is 5.03. The summed E-state index contributed by atoms with van der Waals surface area (Å²) in [4.78, 5) is 46.2. The third kappa shape index (κ3) is 6.02. The number of esters is 2. The van der Waals surface area contributed by atoms with E-state index in [1.165, 1.54) is 6.33 Å². The van der Waals surface area contributed by atoms with Crippen molar-refractivity contribution >= 4 is 29.1 Å². The molecule has 30 heavy (non-hydrogen) atoms. The van der Waals surface area contributed by atoms with Crippen LogP contribution < -0.4 is 17.0 Å². The van der Waals surface area contributed by atoms with Gasteiger partial charge in [-0.05, 0) is 12.3 Å². The molecule has 166 valence electrons. The van der Waals surface area contributed by atoms with Crippen molar-refractivity contribution in [1.82, 2.24) is 19.5 Å². The van der Waals surface area contributed by atoms with E-state index in [4.69, 9.17) is 20.9 Å². The number of fused-ring (bicyclic) bond motifs is 1. The van der Waals surface area contributed by atoms with Gasteiger partial charge in [0.1, 0.15) is 6.04 Å². The standard InChI is InChI=1S/C19H30N6O5/c1-4-11(3)14(20)18(28)30-9-12(8-29-13(26)5-2)6-7-25-10-22-15-16(25)23-19(21)24-17(15)27/h10-12,14H,4-9,20H2,1-3H3,(H3,21,23,24,27)/t11?,12?,14-/m0/s1. The van der Waals surface area contributed by atoms with Gasteiger partial charge >= 0.3 is 11.9 Å². The van der Waals surface area contributed by atoms with Gasteiger partial charge in [-0.1, -0.05) is 27.2 Å². The number of aromatic nitrogens is 4. The maximum atomic E-state index is 12.2. The van der Waals surface area contributed by atoms with Crippen molar-refractivity contribution < 1.29 is 19.1 Å². The van der Waals surface area contributed by atoms with Crippen molar-refractivity contribution in [3.63, 3.8) is 0 Å². The number of anilines is 1. The zero-order valence-corrected chi connectivity index (χ0v) is 17.6. The number of ether oxygens (including phenoxy) is 2. The highest BCUT2D eigenvalue weighted by Crippen LogP contribution is 2.14. The molecule has 0 saturated carbocycles. The summed E-state index contributed by atoms with van der Waals surface area (Å²) < 4.78 is 12.3. The minimum atomic E-state index is -0.703. The Balaban J connectivity index is 2.05. The molecule has 2 aromatic heterocycles. The van der Waals surface area contributed by atoms with Crippen molar-refractivity contribution in [2.75, 3.05) is 18.9 Å². The van der Waals surface area contributed by atoms with Gasteiger partial charge in [-0.3, -0.25) is 19.4 Å². The highest BCUT2D eigenvalue weighted by atomic mass is 16.5. The molecule has 0 bridgehead atoms. The summed E-state index contributed by atoms with van der Waals surface area (Å²) in [7, 11) is 0. The molecule has 2 rings (SSSR count). The van der Waals surface area contributed by atoms with Crippen LogP contribution in [-0.2, 0) is 25.6 Å². The molecule has 0 fully saturated rings. The molecule has 5 N–H and O–H groups in total. The summed E-state index contributed by atoms with van der Waals surface area (Å²) in [5.41, 5.74) is 11.7. The molecule has 0 spiro atoms. The highest BCUT2D eigenvalue weighted by Gasteiger charge is 2.23. The number of aromatic amines is 1. The lowest BCUT2D eigenvalue weighted by molar-refractivity contribution is -0.150. The van der Waals surface area contributed by atoms with Crippen molar-refractivity contribution in [1.29, 1.82) is 0 Å². The molecule has 0 aliphatic rings. The fourth-order valence-electron chi connectivity index (χ4n) is 2.77. The van der Waals surface area contributed by atoms with Crippen molar-refractivity contribution in [3.8, 4) is 0 Å². The van der Waals surface area contributed by atoms with Crippen molar-refractivity contribution in [2.45, 2.75) is 52.6 Å². The molecule has 0 aliphatic carbocycles. The number of hydrogen-bond acceptors (Lipinski definition) is 9. The number of hydrogen-bond donors (Lipinski definition) is 3. The predicted octanol–water partition coefficient (Wildman–Crippen LogP) is 0.578. The van der Waals surface area contributed by atoms with Crippen molar-refractivity contribution in [2.24, 2.45) is 17.6 Å². The molecule has 0 radical (unpaired) electrons. The summed E-state index contributed by atoms with van der Waals surface area (Å²) in [5, 5.41) is 0. The van der Waals surface area contributed by atoms with E-state index in [1.54, 1.807) is 11.5 Å². The van der Waals surface area contributed by atoms with E-state index in [0.717, 1.165) is 6.42 Å². The van der Waals surface area contributed by atoms with E-state index in [2.05, 4.69) is 15.0 Å². The van der Waals surface area contributed by atoms with Crippen LogP contribution in [0.15, 0.2) is 11.1 Å². The zero-order chi connectivity index (χ0) is 22.3. The summed E-state index contributed by atoms with van der Waals surface area (Å²) in [6.07, 6.45) is 3.00. The molecule has 0 aromatic carbocycles. The number of nitrogens with zero attached hydrogens (tertiary/aromatic N) is 3. The Labute approximate surface area is 174 Å². The van der Waals surface area contributed by atoms with E-state index in [0.29, 0.717) is 18.6 Å². The van der Waals surface area contributed by atoms with E-state index in [9.17, 15) is 14.4 Å². The zero-order valence-electron chi connectivity index (χ0n) is 17.6. The van der Waals surface area contributed by atoms with E-state index in [-0.39, 0.29) is 48.9 Å². The Morgan fingerprint density at radius 3 is 2.63 bits per heavy atom. The Morgan fingerprint density at radius 2 is 1.97 bits per heavy atom. The van der Waals surface area contributed by atoms with Gasteiger partial charge in [0.15, 0.2) is 11.2 Å². The molecule has 0 saturated heterocycles. The second-order valence-corrected chi connectivity index (χ2v) is 7.29. The number of nitrogen functional groups attached to an aromatic ring is 1. The molecule has 2 unspecified atom stereocenters. The molecule has 11 nitrogen and oxygen atoms in total. The summed E-state index contributed by atoms with van der Waals surface area (Å²) >= 11 is 0. The lowest BCUT2D eigenvalue weighted by atomic mass is 10.0. The number of H-pyrrole nitrogens is 1. The van der Waals surface area contributed by atoms with Crippen LogP contribution >= 0.6 is 0 Å². The average Bonchev–Trinajstić information content (AvgIpc) is 3.14. The minimum absolute atomic E-state index is 0.000747. The summed E-state index contributed by atoms with van der Waals surface area (Å²) in [6.45, 7) is 6.11. The Bertz CT molecular complexity index is 924. The topological polar surface area (TPSA) is 168 Å². The number of carbonyl (C=O) groups excluding carboxylic acids is 2. The first-order valence-electron chi connectivity index (χ1n) is 10.0. The van der Waals surface area contributed by atoms with Gasteiger partial charge in [-0.15, -0.1) is 0 Å². The maximum Gasteiger partial charge on any atom is 0.323 e. The van der Waals surface area contributed by atoms with Crippen LogP contribution in [0.4, 0.5) is 5.95 Å². The highest BCUT2D eigenvalue weighted by molar-refractivity contribution is 5.75. The van der Waals surface area contributed by atoms with Gasteiger partial charge in [0.05, 0.1) is 19.5 Å². The molecule has 11 heteroatoms. The van der Waals surface area contributed by atoms with Gasteiger partial charge in [0.2, 0.25) is 5.95 Å². The van der Waals surface area contributed by atoms with Crippen LogP contribution in [0.5, 0.6) is 0 Å². The predicted molar refractivity (Wildman–Crippen MR) is 110 cm³/mol. The molecular formula is C19H30N6O5. The lowest BCUT2D eigenvalue weighted by Gasteiger charge is -2.21. The van der Waals surface area contributed by atoms with E-state index in [1.807, 2.05) is 13.8 Å². The molecular weight excluding hydrogens is 392 g/mol. The number of imidazole rings is 1. The van der Waals surface area contributed by atoms with Crippen LogP contribution in [-0.4, -0.2) is 50.7 Å². The first-order chi connectivity index (χ1) is 14.3. The normalized spacial score (nSPS) is 14.3. The largest absolute Gasteiger partial charge is 0.465 e. The molecule has 0 aliphatic heterocycles. The second-order valence-electron chi connectivity index (χ2n) is 7.29. The number of aryl methyl sites for hydroxylation is 1. The minimum Gasteiger partial charge on any atom is -0.465 e. The molecule has 3 atom stereocenters. The van der Waals surface area contributed by atoms with E-state index >= 15 is 0 Å². The van der Waals surface area contributed by atoms with Crippen LogP contribution in [0.2, 0.25) is 0 Å². The first-order valence-corrected chi connectivity index (χ1v) is 10.0. The SMILES string of the molecule is CCC(=O)OCC(CCn1cnc2c(=O)[nH]c(N)nc21)COC(=O)[C@@H](N)C(C)CC. The number of nitrogens with two attached hydrogens (primary N) is 2. The summed E-state index contributed by atoms with van der Waals surface area (Å²) in [6, 6.07) is -0.703. The van der Waals surface area contributed by atoms with Crippen LogP contribution in [0.25, 0.3) is 11.2 Å². The number of rotatable bonds is 11. The third-order valence-corrected chi connectivity index (χ3v) is 5.03. The van der Waals surface area contributed by atoms with Gasteiger partial charge in [0, 0.05) is 18.9 Å². The van der Waals surface area contributed by atoms with Crippen LogP contribution in [0.1, 0.15) is 40.0 Å². The van der Waals surface area contributed by atoms with Gasteiger partial charge in [-0.25, -0.2) is 4.98 Å². The van der Waals surface area contributed by atoms with Gasteiger partial charge < -0.3 is 25.5 Å². The number of carbonyl (C=O) groups is 2. The molecule has 2 aromatic rings. The quantitative estimate of drug-likeness (QED) is 0.438.